The molecule has 0 aliphatic heterocycles. The molecule has 0 aromatic heterocycles. The topological polar surface area (TPSA) is 55.1 Å². The third-order valence-electron chi connectivity index (χ3n) is 3.38. The van der Waals surface area contributed by atoms with Crippen LogP contribution in [0.4, 0.5) is 4.39 Å². The Hall–Kier alpha value is -1.42. The maximum absolute atomic E-state index is 13.5. The first-order valence-electron chi connectivity index (χ1n) is 5.81. The summed E-state index contributed by atoms with van der Waals surface area (Å²) in [4.78, 5) is 11.8. The van der Waals surface area contributed by atoms with Crippen LogP contribution in [-0.4, -0.2) is 19.0 Å². The van der Waals surface area contributed by atoms with Crippen LogP contribution in [0, 0.1) is 18.2 Å². The molecule has 1 amide bonds. The molecular formula is C13H17FN2O. The first-order valence-corrected chi connectivity index (χ1v) is 5.81. The van der Waals surface area contributed by atoms with E-state index >= 15 is 0 Å². The van der Waals surface area contributed by atoms with Gasteiger partial charge in [-0.15, -0.1) is 0 Å². The maximum Gasteiger partial charge on any atom is 0.254 e. The zero-order chi connectivity index (χ0) is 12.5. The van der Waals surface area contributed by atoms with Crippen molar-refractivity contribution in [2.75, 3.05) is 13.1 Å². The van der Waals surface area contributed by atoms with E-state index in [9.17, 15) is 9.18 Å². The van der Waals surface area contributed by atoms with Crippen LogP contribution in [-0.2, 0) is 0 Å². The Balaban J connectivity index is 2.00. The van der Waals surface area contributed by atoms with Crippen molar-refractivity contribution in [3.05, 3.63) is 35.1 Å². The monoisotopic (exact) mass is 236 g/mol. The van der Waals surface area contributed by atoms with Gasteiger partial charge < -0.3 is 11.1 Å². The maximum atomic E-state index is 13.5. The van der Waals surface area contributed by atoms with Gasteiger partial charge in [-0.3, -0.25) is 4.79 Å². The molecule has 0 heterocycles. The molecule has 1 aliphatic carbocycles. The summed E-state index contributed by atoms with van der Waals surface area (Å²) < 4.78 is 13.5. The van der Waals surface area contributed by atoms with Gasteiger partial charge in [0, 0.05) is 12.0 Å². The Morgan fingerprint density at radius 3 is 2.76 bits per heavy atom. The summed E-state index contributed by atoms with van der Waals surface area (Å²) in [5.41, 5.74) is 6.59. The predicted molar refractivity (Wildman–Crippen MR) is 64.2 cm³/mol. The van der Waals surface area contributed by atoms with Crippen LogP contribution in [0.5, 0.6) is 0 Å². The van der Waals surface area contributed by atoms with Crippen LogP contribution < -0.4 is 11.1 Å². The van der Waals surface area contributed by atoms with Gasteiger partial charge in [0.05, 0.1) is 5.56 Å². The van der Waals surface area contributed by atoms with Gasteiger partial charge in [0.2, 0.25) is 0 Å². The second kappa shape index (κ2) is 4.45. The van der Waals surface area contributed by atoms with E-state index in [1.807, 2.05) is 0 Å². The molecule has 0 atom stereocenters. The molecule has 4 heteroatoms. The van der Waals surface area contributed by atoms with Crippen molar-refractivity contribution in [3.63, 3.8) is 0 Å². The standard InChI is InChI=1S/C13H17FN2O/c1-9-2-3-10(11(14)6-9)12(17)16-8-13(7-15)4-5-13/h2-3,6H,4-5,7-8,15H2,1H3,(H,16,17). The lowest BCUT2D eigenvalue weighted by Gasteiger charge is -2.13. The molecule has 3 nitrogen and oxygen atoms in total. The first-order chi connectivity index (χ1) is 8.06. The van der Waals surface area contributed by atoms with Gasteiger partial charge in [0.15, 0.2) is 0 Å². The highest BCUT2D eigenvalue weighted by Gasteiger charge is 2.41. The third-order valence-corrected chi connectivity index (χ3v) is 3.38. The molecular weight excluding hydrogens is 219 g/mol. The molecule has 0 saturated heterocycles. The highest BCUT2D eigenvalue weighted by molar-refractivity contribution is 5.94. The van der Waals surface area contributed by atoms with Crippen molar-refractivity contribution in [3.8, 4) is 0 Å². The largest absolute Gasteiger partial charge is 0.351 e. The van der Waals surface area contributed by atoms with Crippen LogP contribution in [0.15, 0.2) is 18.2 Å². The van der Waals surface area contributed by atoms with Gasteiger partial charge in [-0.05, 0) is 44.0 Å². The van der Waals surface area contributed by atoms with E-state index in [2.05, 4.69) is 5.32 Å². The number of nitrogens with two attached hydrogens (primary N) is 1. The van der Waals surface area contributed by atoms with Gasteiger partial charge in [-0.25, -0.2) is 4.39 Å². The Morgan fingerprint density at radius 1 is 1.53 bits per heavy atom. The minimum absolute atomic E-state index is 0.0663. The molecule has 17 heavy (non-hydrogen) atoms. The SMILES string of the molecule is Cc1ccc(C(=O)NCC2(CN)CC2)c(F)c1. The molecule has 1 saturated carbocycles. The Morgan fingerprint density at radius 2 is 2.24 bits per heavy atom. The fraction of sp³-hybridized carbons (Fsp3) is 0.462. The average Bonchev–Trinajstić information content (AvgIpc) is 3.07. The summed E-state index contributed by atoms with van der Waals surface area (Å²) in [7, 11) is 0. The zero-order valence-corrected chi connectivity index (χ0v) is 9.92. The number of carbonyl (C=O) groups excluding carboxylic acids is 1. The van der Waals surface area contributed by atoms with Gasteiger partial charge in [-0.2, -0.15) is 0 Å². The van der Waals surface area contributed by atoms with Crippen molar-refractivity contribution < 1.29 is 9.18 Å². The molecule has 1 aromatic rings. The number of hydrogen-bond acceptors (Lipinski definition) is 2. The van der Waals surface area contributed by atoms with Crippen LogP contribution in [0.25, 0.3) is 0 Å². The van der Waals surface area contributed by atoms with Crippen molar-refractivity contribution in [2.24, 2.45) is 11.1 Å². The number of rotatable bonds is 4. The molecule has 3 N–H and O–H groups in total. The summed E-state index contributed by atoms with van der Waals surface area (Å²) in [5.74, 6) is -0.831. The number of hydrogen-bond donors (Lipinski definition) is 2. The van der Waals surface area contributed by atoms with Crippen molar-refractivity contribution in [1.29, 1.82) is 0 Å². The van der Waals surface area contributed by atoms with Gasteiger partial charge in [0.1, 0.15) is 5.82 Å². The lowest BCUT2D eigenvalue weighted by Crippen LogP contribution is -2.34. The smallest absolute Gasteiger partial charge is 0.254 e. The summed E-state index contributed by atoms with van der Waals surface area (Å²) in [5, 5.41) is 2.75. The summed E-state index contributed by atoms with van der Waals surface area (Å²) in [6.45, 7) is 2.90. The van der Waals surface area contributed by atoms with E-state index in [1.165, 1.54) is 12.1 Å². The molecule has 92 valence electrons. The minimum Gasteiger partial charge on any atom is -0.351 e. The van der Waals surface area contributed by atoms with Crippen molar-refractivity contribution in [2.45, 2.75) is 19.8 Å². The molecule has 0 bridgehead atoms. The van der Waals surface area contributed by atoms with Crippen LogP contribution in [0.2, 0.25) is 0 Å². The average molecular weight is 236 g/mol. The Kier molecular flexibility index (Phi) is 3.15. The number of aryl methyl sites for hydroxylation is 1. The second-order valence-corrected chi connectivity index (χ2v) is 4.87. The second-order valence-electron chi connectivity index (χ2n) is 4.87. The fourth-order valence-electron chi connectivity index (χ4n) is 1.80. The van der Waals surface area contributed by atoms with Crippen LogP contribution in [0.1, 0.15) is 28.8 Å². The highest BCUT2D eigenvalue weighted by atomic mass is 19.1. The summed E-state index contributed by atoms with van der Waals surface area (Å²) in [6, 6.07) is 4.61. The molecule has 1 fully saturated rings. The number of halogens is 1. The first kappa shape index (κ1) is 12.0. The van der Waals surface area contributed by atoms with Crippen LogP contribution in [0.3, 0.4) is 0 Å². The van der Waals surface area contributed by atoms with E-state index in [1.54, 1.807) is 13.0 Å². The van der Waals surface area contributed by atoms with E-state index in [0.29, 0.717) is 13.1 Å². The Labute approximate surface area is 100 Å². The quantitative estimate of drug-likeness (QED) is 0.834. The lowest BCUT2D eigenvalue weighted by atomic mass is 10.1. The van der Waals surface area contributed by atoms with Gasteiger partial charge in [0.25, 0.3) is 5.91 Å². The summed E-state index contributed by atoms with van der Waals surface area (Å²) >= 11 is 0. The van der Waals surface area contributed by atoms with E-state index in [-0.39, 0.29) is 16.9 Å². The molecule has 0 radical (unpaired) electrons. The molecule has 1 aliphatic rings. The third kappa shape index (κ3) is 2.64. The van der Waals surface area contributed by atoms with E-state index in [0.717, 1.165) is 18.4 Å². The minimum atomic E-state index is -0.472. The lowest BCUT2D eigenvalue weighted by molar-refractivity contribution is 0.0941. The Bertz CT molecular complexity index is 441. The van der Waals surface area contributed by atoms with Crippen LogP contribution >= 0.6 is 0 Å². The highest BCUT2D eigenvalue weighted by Crippen LogP contribution is 2.43. The number of benzene rings is 1. The normalized spacial score (nSPS) is 16.6. The number of amides is 1. The molecule has 0 spiro atoms. The fourth-order valence-corrected chi connectivity index (χ4v) is 1.80. The summed E-state index contributed by atoms with van der Waals surface area (Å²) in [6.07, 6.45) is 2.08. The molecule has 0 unspecified atom stereocenters. The van der Waals surface area contributed by atoms with E-state index < -0.39 is 5.82 Å². The van der Waals surface area contributed by atoms with Crippen molar-refractivity contribution in [1.82, 2.24) is 5.32 Å². The number of carbonyl (C=O) groups is 1. The van der Waals surface area contributed by atoms with E-state index in [4.69, 9.17) is 5.73 Å². The zero-order valence-electron chi connectivity index (χ0n) is 9.92. The molecule has 2 rings (SSSR count). The van der Waals surface area contributed by atoms with Gasteiger partial charge >= 0.3 is 0 Å². The van der Waals surface area contributed by atoms with Crippen molar-refractivity contribution >= 4 is 5.91 Å². The molecule has 1 aromatic carbocycles. The van der Waals surface area contributed by atoms with Gasteiger partial charge in [-0.1, -0.05) is 6.07 Å². The predicted octanol–water partition coefficient (Wildman–Crippen LogP) is 1.60. The number of nitrogens with one attached hydrogen (secondary N) is 1.